The lowest BCUT2D eigenvalue weighted by Crippen LogP contribution is -2.04. The van der Waals surface area contributed by atoms with Gasteiger partial charge in [0.05, 0.1) is 19.8 Å². The summed E-state index contributed by atoms with van der Waals surface area (Å²) < 4.78 is 11.4. The quantitative estimate of drug-likeness (QED) is 0.510. The molecule has 2 heterocycles. The van der Waals surface area contributed by atoms with Crippen molar-refractivity contribution >= 4 is 5.97 Å². The topological polar surface area (TPSA) is 56.6 Å². The Labute approximate surface area is 81.6 Å². The number of esters is 1. The van der Waals surface area contributed by atoms with Crippen molar-refractivity contribution < 1.29 is 14.3 Å². The Kier molecular flexibility index (Phi) is 2.25. The molecular formula is C9H12N2O3. The van der Waals surface area contributed by atoms with Crippen LogP contribution in [-0.4, -0.2) is 35.6 Å². The molecule has 1 aromatic rings. The summed E-state index contributed by atoms with van der Waals surface area (Å²) in [6, 6.07) is 1.74. The van der Waals surface area contributed by atoms with E-state index in [1.54, 1.807) is 10.7 Å². The van der Waals surface area contributed by atoms with E-state index in [0.717, 1.165) is 18.7 Å². The van der Waals surface area contributed by atoms with Crippen LogP contribution in [0.15, 0.2) is 6.07 Å². The van der Waals surface area contributed by atoms with E-state index >= 15 is 0 Å². The second-order valence-electron chi connectivity index (χ2n) is 3.30. The highest BCUT2D eigenvalue weighted by Gasteiger charge is 2.25. The van der Waals surface area contributed by atoms with Gasteiger partial charge >= 0.3 is 5.97 Å². The van der Waals surface area contributed by atoms with E-state index in [-0.39, 0.29) is 0 Å². The third kappa shape index (κ3) is 1.77. The fourth-order valence-corrected chi connectivity index (χ4v) is 1.32. The van der Waals surface area contributed by atoms with Crippen molar-refractivity contribution in [1.82, 2.24) is 9.78 Å². The summed E-state index contributed by atoms with van der Waals surface area (Å²) in [5.41, 5.74) is 1.35. The first kappa shape index (κ1) is 9.21. The van der Waals surface area contributed by atoms with E-state index in [0.29, 0.717) is 11.8 Å². The van der Waals surface area contributed by atoms with E-state index < -0.39 is 5.97 Å². The number of ether oxygens (including phenoxy) is 2. The molecule has 1 fully saturated rings. The van der Waals surface area contributed by atoms with Crippen LogP contribution in [-0.2, 0) is 22.9 Å². The number of nitrogens with zero attached hydrogens (tertiary/aromatic N) is 2. The van der Waals surface area contributed by atoms with E-state index in [2.05, 4.69) is 9.84 Å². The SMILES string of the molecule is COC(=O)c1cc(CC2CO2)n(C)n1. The highest BCUT2D eigenvalue weighted by Crippen LogP contribution is 2.16. The van der Waals surface area contributed by atoms with Crippen LogP contribution in [0.3, 0.4) is 0 Å². The van der Waals surface area contributed by atoms with Gasteiger partial charge in [-0.1, -0.05) is 0 Å². The second-order valence-corrected chi connectivity index (χ2v) is 3.30. The van der Waals surface area contributed by atoms with Gasteiger partial charge in [-0.25, -0.2) is 4.79 Å². The number of epoxide rings is 1. The molecule has 0 amide bonds. The molecular weight excluding hydrogens is 184 g/mol. The lowest BCUT2D eigenvalue weighted by atomic mass is 10.2. The number of hydrogen-bond donors (Lipinski definition) is 0. The minimum atomic E-state index is -0.399. The Hall–Kier alpha value is -1.36. The molecule has 5 nitrogen and oxygen atoms in total. The number of rotatable bonds is 3. The Bertz CT molecular complexity index is 355. The predicted molar refractivity (Wildman–Crippen MR) is 48.0 cm³/mol. The first-order valence-electron chi connectivity index (χ1n) is 4.43. The molecule has 1 aromatic heterocycles. The van der Waals surface area contributed by atoms with E-state index in [1.165, 1.54) is 7.11 Å². The molecule has 1 unspecified atom stereocenters. The molecule has 1 saturated heterocycles. The molecule has 0 radical (unpaired) electrons. The van der Waals surface area contributed by atoms with Crippen molar-refractivity contribution in [2.24, 2.45) is 7.05 Å². The highest BCUT2D eigenvalue weighted by atomic mass is 16.6. The molecule has 0 spiro atoms. The van der Waals surface area contributed by atoms with Crippen LogP contribution in [0.2, 0.25) is 0 Å². The molecule has 1 atom stereocenters. The van der Waals surface area contributed by atoms with Gasteiger partial charge in [-0.3, -0.25) is 4.68 Å². The minimum Gasteiger partial charge on any atom is -0.464 e. The number of carbonyl (C=O) groups excluding carboxylic acids is 1. The Balaban J connectivity index is 2.15. The lowest BCUT2D eigenvalue weighted by Gasteiger charge is -1.95. The zero-order valence-corrected chi connectivity index (χ0v) is 8.19. The largest absolute Gasteiger partial charge is 0.464 e. The summed E-state index contributed by atoms with van der Waals surface area (Å²) in [5, 5.41) is 4.05. The maximum Gasteiger partial charge on any atom is 0.358 e. The lowest BCUT2D eigenvalue weighted by molar-refractivity contribution is 0.0593. The van der Waals surface area contributed by atoms with Crippen LogP contribution in [0.4, 0.5) is 0 Å². The summed E-state index contributed by atoms with van der Waals surface area (Å²) in [4.78, 5) is 11.2. The molecule has 2 rings (SSSR count). The second kappa shape index (κ2) is 3.42. The van der Waals surface area contributed by atoms with Gasteiger partial charge in [-0.05, 0) is 6.07 Å². The molecule has 1 aliphatic heterocycles. The Morgan fingerprint density at radius 1 is 1.86 bits per heavy atom. The van der Waals surface area contributed by atoms with E-state index in [9.17, 15) is 4.79 Å². The van der Waals surface area contributed by atoms with Crippen molar-refractivity contribution in [3.05, 3.63) is 17.5 Å². The van der Waals surface area contributed by atoms with Crippen molar-refractivity contribution in [3.63, 3.8) is 0 Å². The van der Waals surface area contributed by atoms with E-state index in [4.69, 9.17) is 4.74 Å². The normalized spacial score (nSPS) is 19.4. The van der Waals surface area contributed by atoms with Gasteiger partial charge in [0.2, 0.25) is 0 Å². The summed E-state index contributed by atoms with van der Waals surface area (Å²) >= 11 is 0. The number of aryl methyl sites for hydroxylation is 1. The van der Waals surface area contributed by atoms with Crippen LogP contribution in [0.5, 0.6) is 0 Å². The molecule has 76 valence electrons. The summed E-state index contributed by atoms with van der Waals surface area (Å²) in [6.45, 7) is 0.804. The molecule has 0 aromatic carbocycles. The molecule has 0 bridgehead atoms. The van der Waals surface area contributed by atoms with E-state index in [1.807, 2.05) is 7.05 Å². The van der Waals surface area contributed by atoms with Gasteiger partial charge in [-0.15, -0.1) is 0 Å². The average molecular weight is 196 g/mol. The fourth-order valence-electron chi connectivity index (χ4n) is 1.32. The Morgan fingerprint density at radius 2 is 2.57 bits per heavy atom. The first-order chi connectivity index (χ1) is 6.70. The standard InChI is InChI=1S/C9H12N2O3/c1-11-6(3-7-5-14-7)4-8(10-11)9(12)13-2/h4,7H,3,5H2,1-2H3. The number of aromatic nitrogens is 2. The highest BCUT2D eigenvalue weighted by molar-refractivity contribution is 5.87. The zero-order valence-electron chi connectivity index (χ0n) is 8.19. The average Bonchev–Trinajstić information content (AvgIpc) is 2.91. The van der Waals surface area contributed by atoms with Crippen molar-refractivity contribution in [3.8, 4) is 0 Å². The maximum absolute atomic E-state index is 11.2. The van der Waals surface area contributed by atoms with Crippen molar-refractivity contribution in [2.45, 2.75) is 12.5 Å². The molecule has 0 N–H and O–H groups in total. The van der Waals surface area contributed by atoms with Crippen LogP contribution in [0, 0.1) is 0 Å². The zero-order chi connectivity index (χ0) is 10.1. The van der Waals surface area contributed by atoms with Crippen LogP contribution in [0.25, 0.3) is 0 Å². The van der Waals surface area contributed by atoms with Gasteiger partial charge in [0.1, 0.15) is 0 Å². The predicted octanol–water partition coefficient (Wildman–Crippen LogP) is 0.148. The monoisotopic (exact) mass is 196 g/mol. The molecule has 0 saturated carbocycles. The number of methoxy groups -OCH3 is 1. The molecule has 5 heteroatoms. The Morgan fingerprint density at radius 3 is 3.14 bits per heavy atom. The third-order valence-electron chi connectivity index (χ3n) is 2.21. The summed E-state index contributed by atoms with van der Waals surface area (Å²) in [5.74, 6) is -0.399. The van der Waals surface area contributed by atoms with Crippen molar-refractivity contribution in [2.75, 3.05) is 13.7 Å². The van der Waals surface area contributed by atoms with Gasteiger partial charge in [-0.2, -0.15) is 5.10 Å². The smallest absolute Gasteiger partial charge is 0.358 e. The maximum atomic E-state index is 11.2. The summed E-state index contributed by atoms with van der Waals surface area (Å²) in [6.07, 6.45) is 1.11. The first-order valence-corrected chi connectivity index (χ1v) is 4.43. The third-order valence-corrected chi connectivity index (χ3v) is 2.21. The number of hydrogen-bond acceptors (Lipinski definition) is 4. The number of carbonyl (C=O) groups is 1. The van der Waals surface area contributed by atoms with Crippen molar-refractivity contribution in [1.29, 1.82) is 0 Å². The van der Waals surface area contributed by atoms with Gasteiger partial charge in [0.25, 0.3) is 0 Å². The minimum absolute atomic E-state index is 0.302. The van der Waals surface area contributed by atoms with Gasteiger partial charge in [0, 0.05) is 19.2 Å². The van der Waals surface area contributed by atoms with Gasteiger partial charge in [0.15, 0.2) is 5.69 Å². The fraction of sp³-hybridized carbons (Fsp3) is 0.556. The van der Waals surface area contributed by atoms with Crippen LogP contribution in [0.1, 0.15) is 16.2 Å². The van der Waals surface area contributed by atoms with Gasteiger partial charge < -0.3 is 9.47 Å². The van der Waals surface area contributed by atoms with Crippen LogP contribution < -0.4 is 0 Å². The molecule has 1 aliphatic rings. The van der Waals surface area contributed by atoms with Crippen LogP contribution >= 0.6 is 0 Å². The summed E-state index contributed by atoms with van der Waals surface area (Å²) in [7, 11) is 3.16. The molecule has 14 heavy (non-hydrogen) atoms. The molecule has 0 aliphatic carbocycles.